The number of carbonyl (C=O) groups excluding carboxylic acids is 2. The van der Waals surface area contributed by atoms with Crippen molar-refractivity contribution in [1.82, 2.24) is 4.90 Å². The molecule has 0 aromatic heterocycles. The number of piperidine rings is 1. The van der Waals surface area contributed by atoms with E-state index < -0.39 is 11.5 Å². The van der Waals surface area contributed by atoms with Crippen LogP contribution in [0.5, 0.6) is 5.75 Å². The number of carbonyl (C=O) groups is 2. The molecule has 2 fully saturated rings. The number of imide groups is 1. The molecule has 2 aliphatic rings. The third kappa shape index (κ3) is 3.31. The van der Waals surface area contributed by atoms with E-state index in [4.69, 9.17) is 4.74 Å². The number of hydrogen-bond acceptors (Lipinski definition) is 4. The van der Waals surface area contributed by atoms with Gasteiger partial charge in [0.15, 0.2) is 0 Å². The van der Waals surface area contributed by atoms with Crippen molar-refractivity contribution in [2.24, 2.45) is 16.7 Å². The van der Waals surface area contributed by atoms with Crippen molar-refractivity contribution in [3.05, 3.63) is 54.6 Å². The number of benzene rings is 2. The third-order valence-corrected chi connectivity index (χ3v) is 7.30. The van der Waals surface area contributed by atoms with E-state index in [-0.39, 0.29) is 36.3 Å². The lowest BCUT2D eigenvalue weighted by atomic mass is 9.62. The lowest BCUT2D eigenvalue weighted by Gasteiger charge is -2.48. The van der Waals surface area contributed by atoms with Crippen LogP contribution in [0.4, 0.5) is 0 Å². The minimum absolute atomic E-state index is 0.0204. The van der Waals surface area contributed by atoms with Crippen LogP contribution in [0.2, 0.25) is 0 Å². The summed E-state index contributed by atoms with van der Waals surface area (Å²) in [4.78, 5) is 27.2. The first-order valence-corrected chi connectivity index (χ1v) is 10.6. The van der Waals surface area contributed by atoms with Gasteiger partial charge in [0.1, 0.15) is 18.5 Å². The van der Waals surface area contributed by atoms with Crippen molar-refractivity contribution in [2.75, 3.05) is 13.2 Å². The van der Waals surface area contributed by atoms with Crippen LogP contribution < -0.4 is 4.74 Å². The third-order valence-electron chi connectivity index (χ3n) is 7.30. The smallest absolute Gasteiger partial charge is 0.235 e. The van der Waals surface area contributed by atoms with Gasteiger partial charge in [-0.1, -0.05) is 63.2 Å². The molecule has 1 saturated carbocycles. The second-order valence-corrected chi connectivity index (χ2v) is 9.25. The van der Waals surface area contributed by atoms with Gasteiger partial charge in [0.25, 0.3) is 0 Å². The maximum absolute atomic E-state index is 13.1. The van der Waals surface area contributed by atoms with Crippen molar-refractivity contribution < 1.29 is 19.4 Å². The molecule has 1 aliphatic heterocycles. The summed E-state index contributed by atoms with van der Waals surface area (Å²) in [5.41, 5.74) is 1.30. The van der Waals surface area contributed by atoms with Gasteiger partial charge in [-0.25, -0.2) is 0 Å². The van der Waals surface area contributed by atoms with Gasteiger partial charge < -0.3 is 9.84 Å². The average Bonchev–Trinajstić information content (AvgIpc) is 2.94. The van der Waals surface area contributed by atoms with E-state index in [1.54, 1.807) is 0 Å². The molecule has 158 valence electrons. The molecule has 2 amide bonds. The lowest BCUT2D eigenvalue weighted by molar-refractivity contribution is -0.169. The quantitative estimate of drug-likeness (QED) is 0.738. The Kier molecular flexibility index (Phi) is 5.18. The van der Waals surface area contributed by atoms with Crippen LogP contribution in [0, 0.1) is 16.7 Å². The zero-order valence-corrected chi connectivity index (χ0v) is 17.8. The van der Waals surface area contributed by atoms with Crippen LogP contribution >= 0.6 is 0 Å². The normalized spacial score (nSPS) is 26.0. The number of ether oxygens (including phenoxy) is 1. The molecule has 5 nitrogen and oxygen atoms in total. The molecular weight excluding hydrogens is 378 g/mol. The second kappa shape index (κ2) is 7.55. The highest BCUT2D eigenvalue weighted by atomic mass is 16.5. The van der Waals surface area contributed by atoms with Crippen LogP contribution in [0.1, 0.15) is 33.6 Å². The minimum Gasteiger partial charge on any atom is -0.491 e. The summed E-state index contributed by atoms with van der Waals surface area (Å²) < 4.78 is 5.71. The summed E-state index contributed by atoms with van der Waals surface area (Å²) in [7, 11) is 0. The van der Waals surface area contributed by atoms with Gasteiger partial charge in [-0.15, -0.1) is 0 Å². The second-order valence-electron chi connectivity index (χ2n) is 9.25. The van der Waals surface area contributed by atoms with E-state index in [2.05, 4.69) is 0 Å². The van der Waals surface area contributed by atoms with E-state index >= 15 is 0 Å². The first-order valence-electron chi connectivity index (χ1n) is 10.6. The average molecular weight is 408 g/mol. The van der Waals surface area contributed by atoms with E-state index in [1.807, 2.05) is 75.4 Å². The molecule has 2 aromatic rings. The van der Waals surface area contributed by atoms with E-state index in [9.17, 15) is 14.7 Å². The Morgan fingerprint density at radius 2 is 1.67 bits per heavy atom. The Balaban J connectivity index is 1.37. The van der Waals surface area contributed by atoms with E-state index in [1.165, 1.54) is 4.90 Å². The number of hydrogen-bond donors (Lipinski definition) is 1. The maximum atomic E-state index is 13.1. The van der Waals surface area contributed by atoms with Gasteiger partial charge in [-0.3, -0.25) is 14.5 Å². The SMILES string of the molecule is CC1(C)[C@H]2CC[C@]1(C)C(=O)N(C[C@@H](O)COc1ccc(-c3ccccc3)cc1)C2=O. The molecule has 1 saturated heterocycles. The first-order chi connectivity index (χ1) is 14.2. The molecule has 2 bridgehead atoms. The molecular formula is C25H29NO4. The fourth-order valence-corrected chi connectivity index (χ4v) is 4.90. The molecule has 4 rings (SSSR count). The van der Waals surface area contributed by atoms with Gasteiger partial charge in [0.05, 0.1) is 12.0 Å². The summed E-state index contributed by atoms with van der Waals surface area (Å²) >= 11 is 0. The molecule has 5 heteroatoms. The van der Waals surface area contributed by atoms with E-state index in [0.29, 0.717) is 12.2 Å². The van der Waals surface area contributed by atoms with Gasteiger partial charge in [0, 0.05) is 5.92 Å². The highest BCUT2D eigenvalue weighted by Crippen LogP contribution is 2.60. The molecule has 0 spiro atoms. The number of aliphatic hydroxyl groups excluding tert-OH is 1. The molecule has 30 heavy (non-hydrogen) atoms. The molecule has 3 atom stereocenters. The predicted molar refractivity (Wildman–Crippen MR) is 115 cm³/mol. The van der Waals surface area contributed by atoms with Crippen LogP contribution in [0.25, 0.3) is 11.1 Å². The lowest BCUT2D eigenvalue weighted by Crippen LogP contribution is -2.60. The number of likely N-dealkylation sites (tertiary alicyclic amines) is 1. The zero-order chi connectivity index (χ0) is 21.5. The standard InChI is InChI=1S/C25H29NO4/c1-24(2)21-13-14-25(24,3)23(29)26(22(21)28)15-19(27)16-30-20-11-9-18(10-12-20)17-7-5-4-6-8-17/h4-12,19,21,27H,13-16H2,1-3H3/t19-,21+,25-/m1/s1. The van der Waals surface area contributed by atoms with Crippen molar-refractivity contribution in [1.29, 1.82) is 0 Å². The van der Waals surface area contributed by atoms with Gasteiger partial charge in [-0.05, 0) is 41.5 Å². The molecule has 1 aliphatic carbocycles. The number of β-amino-alcohol motifs (C(OH)–C–C–N with tert-alkyl or cyclic N) is 1. The number of fused-ring (bicyclic) bond motifs is 2. The van der Waals surface area contributed by atoms with Crippen molar-refractivity contribution >= 4 is 11.8 Å². The molecule has 0 unspecified atom stereocenters. The summed E-state index contributed by atoms with van der Waals surface area (Å²) in [6, 6.07) is 17.7. The Bertz CT molecular complexity index is 937. The zero-order valence-electron chi connectivity index (χ0n) is 17.8. The molecule has 1 heterocycles. The number of aliphatic hydroxyl groups is 1. The molecule has 0 radical (unpaired) electrons. The van der Waals surface area contributed by atoms with Crippen molar-refractivity contribution in [3.63, 3.8) is 0 Å². The Morgan fingerprint density at radius 1 is 1.03 bits per heavy atom. The number of amides is 2. The minimum atomic E-state index is -0.934. The summed E-state index contributed by atoms with van der Waals surface area (Å²) in [5, 5.41) is 10.5. The topological polar surface area (TPSA) is 66.8 Å². The largest absolute Gasteiger partial charge is 0.491 e. The summed E-state index contributed by atoms with van der Waals surface area (Å²) in [5.74, 6) is 0.140. The fraction of sp³-hybridized carbons (Fsp3) is 0.440. The van der Waals surface area contributed by atoms with Gasteiger partial charge >= 0.3 is 0 Å². The van der Waals surface area contributed by atoms with E-state index in [0.717, 1.165) is 17.5 Å². The highest BCUT2D eigenvalue weighted by molar-refractivity contribution is 6.03. The highest BCUT2D eigenvalue weighted by Gasteiger charge is 2.64. The first kappa shape index (κ1) is 20.6. The summed E-state index contributed by atoms with van der Waals surface area (Å²) in [6.07, 6.45) is 0.507. The van der Waals surface area contributed by atoms with Crippen LogP contribution in [-0.2, 0) is 9.59 Å². The van der Waals surface area contributed by atoms with Crippen LogP contribution in [0.3, 0.4) is 0 Å². The monoisotopic (exact) mass is 407 g/mol. The van der Waals surface area contributed by atoms with Gasteiger partial charge in [0.2, 0.25) is 11.8 Å². The maximum Gasteiger partial charge on any atom is 0.235 e. The number of nitrogens with zero attached hydrogens (tertiary/aromatic N) is 1. The van der Waals surface area contributed by atoms with Crippen LogP contribution in [0.15, 0.2) is 54.6 Å². The van der Waals surface area contributed by atoms with Crippen molar-refractivity contribution in [3.8, 4) is 16.9 Å². The Labute approximate surface area is 177 Å². The predicted octanol–water partition coefficient (Wildman–Crippen LogP) is 3.90. The van der Waals surface area contributed by atoms with Crippen molar-refractivity contribution in [2.45, 2.75) is 39.7 Å². The van der Waals surface area contributed by atoms with Gasteiger partial charge in [-0.2, -0.15) is 0 Å². The Hall–Kier alpha value is -2.66. The molecule has 2 aromatic carbocycles. The van der Waals surface area contributed by atoms with Crippen LogP contribution in [-0.4, -0.2) is 41.1 Å². The molecule has 1 N–H and O–H groups in total. The Morgan fingerprint density at radius 3 is 2.33 bits per heavy atom. The number of rotatable bonds is 6. The fourth-order valence-electron chi connectivity index (χ4n) is 4.90. The summed E-state index contributed by atoms with van der Waals surface area (Å²) in [6.45, 7) is 5.97.